The summed E-state index contributed by atoms with van der Waals surface area (Å²) in [6.07, 6.45) is 4.09. The molecule has 1 saturated heterocycles. The topological polar surface area (TPSA) is 77.5 Å². The molecule has 0 bridgehead atoms. The van der Waals surface area contributed by atoms with E-state index in [1.165, 1.54) is 0 Å². The largest absolute Gasteiger partial charge is 0.394 e. The Labute approximate surface area is 141 Å². The van der Waals surface area contributed by atoms with Crippen LogP contribution in [-0.4, -0.2) is 52.3 Å². The Bertz CT molecular complexity index is 512. The molecule has 128 valence electrons. The van der Waals surface area contributed by atoms with Crippen LogP contribution in [-0.2, 0) is 6.54 Å². The molecule has 7 heteroatoms. The number of carbonyl (C=O) groups excluding carboxylic acids is 1. The molecule has 0 radical (unpaired) electrons. The minimum absolute atomic E-state index is 0.00281. The first-order chi connectivity index (χ1) is 11.1. The molecule has 1 atom stereocenters. The van der Waals surface area contributed by atoms with E-state index in [0.717, 1.165) is 51.0 Å². The Morgan fingerprint density at radius 2 is 2.17 bits per heavy atom. The molecular weight excluding hydrogens is 312 g/mol. The molecule has 6 nitrogen and oxygen atoms in total. The summed E-state index contributed by atoms with van der Waals surface area (Å²) in [6, 6.07) is 0.0650. The quantitative estimate of drug-likeness (QED) is 0.736. The highest BCUT2D eigenvalue weighted by Crippen LogP contribution is 2.39. The van der Waals surface area contributed by atoms with Gasteiger partial charge in [-0.05, 0) is 38.5 Å². The first-order valence-electron chi connectivity index (χ1n) is 8.38. The Balaban J connectivity index is 1.40. The highest BCUT2D eigenvalue weighted by Gasteiger charge is 2.42. The number of urea groups is 1. The molecule has 2 aliphatic rings. The molecule has 23 heavy (non-hydrogen) atoms. The van der Waals surface area contributed by atoms with Gasteiger partial charge < -0.3 is 15.7 Å². The fraction of sp³-hybridized carbons (Fsp3) is 0.750. The summed E-state index contributed by atoms with van der Waals surface area (Å²) in [4.78, 5) is 18.9. The van der Waals surface area contributed by atoms with Gasteiger partial charge in [-0.25, -0.2) is 9.78 Å². The van der Waals surface area contributed by atoms with Gasteiger partial charge in [0.25, 0.3) is 0 Å². The molecule has 1 saturated carbocycles. The van der Waals surface area contributed by atoms with E-state index in [-0.39, 0.29) is 18.7 Å². The zero-order valence-electron chi connectivity index (χ0n) is 13.6. The van der Waals surface area contributed by atoms with E-state index in [4.69, 9.17) is 0 Å². The Kier molecular flexibility index (Phi) is 5.18. The second-order valence-corrected chi connectivity index (χ2v) is 7.70. The summed E-state index contributed by atoms with van der Waals surface area (Å²) >= 11 is 1.63. The van der Waals surface area contributed by atoms with Crippen molar-refractivity contribution in [2.75, 3.05) is 19.7 Å². The first kappa shape index (κ1) is 16.7. The van der Waals surface area contributed by atoms with Crippen LogP contribution < -0.4 is 10.6 Å². The van der Waals surface area contributed by atoms with Gasteiger partial charge in [-0.15, -0.1) is 11.3 Å². The second-order valence-electron chi connectivity index (χ2n) is 6.98. The van der Waals surface area contributed by atoms with Gasteiger partial charge in [-0.3, -0.25) is 4.90 Å². The molecule has 1 aromatic rings. The van der Waals surface area contributed by atoms with Gasteiger partial charge in [-0.1, -0.05) is 0 Å². The average Bonchev–Trinajstić information content (AvgIpc) is 3.28. The number of piperidine rings is 1. The second kappa shape index (κ2) is 7.15. The van der Waals surface area contributed by atoms with Crippen LogP contribution in [0.1, 0.15) is 38.3 Å². The molecule has 0 spiro atoms. The van der Waals surface area contributed by atoms with Crippen LogP contribution in [0.3, 0.4) is 0 Å². The summed E-state index contributed by atoms with van der Waals surface area (Å²) < 4.78 is 0. The van der Waals surface area contributed by atoms with Crippen LogP contribution in [0.5, 0.6) is 0 Å². The molecule has 1 aliphatic carbocycles. The van der Waals surface area contributed by atoms with Gasteiger partial charge in [0.1, 0.15) is 0 Å². The smallest absolute Gasteiger partial charge is 0.315 e. The number of likely N-dealkylation sites (tertiary alicyclic amines) is 1. The number of thiazole rings is 1. The molecular formula is C16H26N4O2S. The van der Waals surface area contributed by atoms with Crippen LogP contribution in [0, 0.1) is 5.92 Å². The van der Waals surface area contributed by atoms with E-state index in [0.29, 0.717) is 5.92 Å². The number of hydrogen-bond donors (Lipinski definition) is 3. The molecule has 0 unspecified atom stereocenters. The summed E-state index contributed by atoms with van der Waals surface area (Å²) in [5.74, 6) is 0.415. The predicted octanol–water partition coefficient (Wildman–Crippen LogP) is 1.57. The van der Waals surface area contributed by atoms with Crippen molar-refractivity contribution in [2.24, 2.45) is 5.92 Å². The molecule has 2 amide bonds. The van der Waals surface area contributed by atoms with Crippen molar-refractivity contribution in [2.45, 2.75) is 50.7 Å². The van der Waals surface area contributed by atoms with Gasteiger partial charge in [0.15, 0.2) is 0 Å². The van der Waals surface area contributed by atoms with Gasteiger partial charge >= 0.3 is 6.03 Å². The number of nitrogens with one attached hydrogen (secondary N) is 2. The van der Waals surface area contributed by atoms with Crippen molar-refractivity contribution < 1.29 is 9.90 Å². The monoisotopic (exact) mass is 338 g/mol. The number of aromatic nitrogens is 1. The number of amides is 2. The minimum atomic E-state index is -0.477. The van der Waals surface area contributed by atoms with Gasteiger partial charge in [0, 0.05) is 31.1 Å². The highest BCUT2D eigenvalue weighted by molar-refractivity contribution is 7.07. The van der Waals surface area contributed by atoms with E-state index in [9.17, 15) is 9.90 Å². The van der Waals surface area contributed by atoms with Crippen molar-refractivity contribution in [3.8, 4) is 0 Å². The lowest BCUT2D eigenvalue weighted by Gasteiger charge is -2.34. The normalized spacial score (nSPS) is 22.5. The summed E-state index contributed by atoms with van der Waals surface area (Å²) in [5, 5.41) is 17.7. The number of aliphatic hydroxyl groups is 1. The molecule has 1 aliphatic heterocycles. The third-order valence-electron chi connectivity index (χ3n) is 5.00. The van der Waals surface area contributed by atoms with Crippen molar-refractivity contribution >= 4 is 17.4 Å². The fourth-order valence-electron chi connectivity index (χ4n) is 3.25. The standard InChI is InChI=1S/C16H26N4O2S/c1-16(10-21,12-2-3-12)19-15(22)18-13-4-6-20(7-5-13)8-14-9-23-11-17-14/h9,11-13,21H,2-8,10H2,1H3,(H2,18,19,22)/t16-/m0/s1. The Hall–Kier alpha value is -1.18. The highest BCUT2D eigenvalue weighted by atomic mass is 32.1. The van der Waals surface area contributed by atoms with Crippen molar-refractivity contribution in [1.29, 1.82) is 0 Å². The fourth-order valence-corrected chi connectivity index (χ4v) is 3.80. The van der Waals surface area contributed by atoms with Crippen LogP contribution in [0.25, 0.3) is 0 Å². The molecule has 2 heterocycles. The Morgan fingerprint density at radius 1 is 1.43 bits per heavy atom. The lowest BCUT2D eigenvalue weighted by molar-refractivity contribution is 0.149. The van der Waals surface area contributed by atoms with Gasteiger partial charge in [-0.2, -0.15) is 0 Å². The molecule has 0 aromatic carbocycles. The summed E-state index contributed by atoms with van der Waals surface area (Å²) in [7, 11) is 0. The Morgan fingerprint density at radius 3 is 2.74 bits per heavy atom. The van der Waals surface area contributed by atoms with E-state index in [1.807, 2.05) is 12.4 Å². The van der Waals surface area contributed by atoms with E-state index in [2.05, 4.69) is 25.9 Å². The number of hydrogen-bond acceptors (Lipinski definition) is 5. The summed E-state index contributed by atoms with van der Waals surface area (Å²) in [6.45, 7) is 4.77. The third-order valence-corrected chi connectivity index (χ3v) is 5.63. The van der Waals surface area contributed by atoms with Crippen LogP contribution in [0.2, 0.25) is 0 Å². The molecule has 2 fully saturated rings. The van der Waals surface area contributed by atoms with Gasteiger partial charge in [0.05, 0.1) is 23.4 Å². The lowest BCUT2D eigenvalue weighted by Crippen LogP contribution is -2.56. The van der Waals surface area contributed by atoms with Crippen molar-refractivity contribution in [3.63, 3.8) is 0 Å². The third kappa shape index (κ3) is 4.43. The summed E-state index contributed by atoms with van der Waals surface area (Å²) in [5.41, 5.74) is 2.52. The number of rotatable bonds is 6. The SMILES string of the molecule is C[C@@](CO)(NC(=O)NC1CCN(Cc2cscn2)CC1)C1CC1. The van der Waals surface area contributed by atoms with Crippen LogP contribution in [0.4, 0.5) is 4.79 Å². The van der Waals surface area contributed by atoms with E-state index in [1.54, 1.807) is 11.3 Å². The van der Waals surface area contributed by atoms with Gasteiger partial charge in [0.2, 0.25) is 0 Å². The maximum atomic E-state index is 12.2. The average molecular weight is 338 g/mol. The number of carbonyl (C=O) groups is 1. The van der Waals surface area contributed by atoms with Crippen molar-refractivity contribution in [3.05, 3.63) is 16.6 Å². The lowest BCUT2D eigenvalue weighted by atomic mass is 9.97. The number of nitrogens with zero attached hydrogens (tertiary/aromatic N) is 2. The number of aliphatic hydroxyl groups excluding tert-OH is 1. The zero-order chi connectivity index (χ0) is 16.3. The van der Waals surface area contributed by atoms with E-state index >= 15 is 0 Å². The molecule has 1 aromatic heterocycles. The van der Waals surface area contributed by atoms with Crippen LogP contribution in [0.15, 0.2) is 10.9 Å². The maximum absolute atomic E-state index is 12.2. The molecule has 3 rings (SSSR count). The first-order valence-corrected chi connectivity index (χ1v) is 9.32. The van der Waals surface area contributed by atoms with E-state index < -0.39 is 5.54 Å². The minimum Gasteiger partial charge on any atom is -0.394 e. The van der Waals surface area contributed by atoms with Crippen LogP contribution >= 0.6 is 11.3 Å². The maximum Gasteiger partial charge on any atom is 0.315 e. The molecule has 3 N–H and O–H groups in total. The predicted molar refractivity (Wildman–Crippen MR) is 90.3 cm³/mol. The zero-order valence-corrected chi connectivity index (χ0v) is 14.4. The van der Waals surface area contributed by atoms with Crippen molar-refractivity contribution in [1.82, 2.24) is 20.5 Å².